The molecule has 0 spiro atoms. The fraction of sp³-hybridized carbons (Fsp3) is 0.739. The van der Waals surface area contributed by atoms with E-state index in [-0.39, 0.29) is 5.92 Å². The lowest BCUT2D eigenvalue weighted by molar-refractivity contribution is -0.389. The van der Waals surface area contributed by atoms with Gasteiger partial charge in [-0.1, -0.05) is 75.3 Å². The first-order valence-electron chi connectivity index (χ1n) is 10.6. The maximum atomic E-state index is 6.11. The minimum Gasteiger partial charge on any atom is -0.327 e. The van der Waals surface area contributed by atoms with Crippen LogP contribution >= 0.6 is 0 Å². The molecular formula is C23H40O3. The van der Waals surface area contributed by atoms with E-state index < -0.39 is 5.97 Å². The molecule has 0 aliphatic rings. The van der Waals surface area contributed by atoms with Crippen molar-refractivity contribution in [3.8, 4) is 0 Å². The number of rotatable bonds is 15. The first-order chi connectivity index (χ1) is 12.6. The molecule has 150 valence electrons. The van der Waals surface area contributed by atoms with Crippen LogP contribution in [-0.4, -0.2) is 25.8 Å². The number of ether oxygens (including phenoxy) is 3. The van der Waals surface area contributed by atoms with E-state index >= 15 is 0 Å². The molecule has 1 rings (SSSR count). The Balaban J connectivity index is 2.96. The summed E-state index contributed by atoms with van der Waals surface area (Å²) in [6.45, 7) is 12.1. The van der Waals surface area contributed by atoms with Crippen molar-refractivity contribution < 1.29 is 14.2 Å². The molecular weight excluding hydrogens is 324 g/mol. The number of aryl methyl sites for hydroxylation is 1. The predicted molar refractivity (Wildman–Crippen MR) is 110 cm³/mol. The highest BCUT2D eigenvalue weighted by molar-refractivity contribution is 5.25. The summed E-state index contributed by atoms with van der Waals surface area (Å²) in [5.74, 6) is -0.911. The molecule has 0 amide bonds. The molecule has 0 aliphatic carbocycles. The summed E-state index contributed by atoms with van der Waals surface area (Å²) in [6.07, 6.45) is 8.68. The van der Waals surface area contributed by atoms with Crippen molar-refractivity contribution in [2.75, 3.05) is 19.8 Å². The summed E-state index contributed by atoms with van der Waals surface area (Å²) in [4.78, 5) is 0. The molecule has 3 nitrogen and oxygen atoms in total. The van der Waals surface area contributed by atoms with E-state index in [1.807, 2.05) is 20.8 Å². The smallest absolute Gasteiger partial charge is 0.290 e. The molecule has 0 aliphatic heterocycles. The second-order valence-corrected chi connectivity index (χ2v) is 6.92. The third-order valence-corrected chi connectivity index (χ3v) is 4.79. The van der Waals surface area contributed by atoms with E-state index in [9.17, 15) is 0 Å². The zero-order valence-electron chi connectivity index (χ0n) is 17.7. The maximum absolute atomic E-state index is 6.11. The van der Waals surface area contributed by atoms with Crippen molar-refractivity contribution in [3.05, 3.63) is 35.4 Å². The minimum atomic E-state index is -0.989. The first kappa shape index (κ1) is 23.1. The van der Waals surface area contributed by atoms with Crippen LogP contribution in [0.15, 0.2) is 24.3 Å². The Bertz CT molecular complexity index is 438. The van der Waals surface area contributed by atoms with Crippen molar-refractivity contribution in [3.63, 3.8) is 0 Å². The van der Waals surface area contributed by atoms with Gasteiger partial charge in [0.15, 0.2) is 0 Å². The van der Waals surface area contributed by atoms with Crippen molar-refractivity contribution in [2.45, 2.75) is 91.5 Å². The lowest BCUT2D eigenvalue weighted by Gasteiger charge is -2.39. The van der Waals surface area contributed by atoms with E-state index in [2.05, 4.69) is 38.1 Å². The third kappa shape index (κ3) is 7.38. The molecule has 0 bridgehead atoms. The van der Waals surface area contributed by atoms with Gasteiger partial charge < -0.3 is 14.2 Å². The van der Waals surface area contributed by atoms with Crippen LogP contribution in [-0.2, 0) is 14.2 Å². The molecule has 1 aromatic rings. The molecule has 1 atom stereocenters. The average molecular weight is 365 g/mol. The molecule has 0 saturated carbocycles. The van der Waals surface area contributed by atoms with Crippen molar-refractivity contribution in [1.29, 1.82) is 0 Å². The van der Waals surface area contributed by atoms with Gasteiger partial charge in [-0.3, -0.25) is 0 Å². The normalized spacial score (nSPS) is 13.1. The van der Waals surface area contributed by atoms with Crippen LogP contribution in [0.3, 0.4) is 0 Å². The van der Waals surface area contributed by atoms with Gasteiger partial charge in [-0.2, -0.15) is 0 Å². The molecule has 0 N–H and O–H groups in total. The number of unbranched alkanes of at least 4 members (excludes halogenated alkanes) is 5. The minimum absolute atomic E-state index is 0.0779. The highest BCUT2D eigenvalue weighted by atomic mass is 16.9. The second-order valence-electron chi connectivity index (χ2n) is 6.92. The quantitative estimate of drug-likeness (QED) is 0.259. The Kier molecular flexibility index (Phi) is 11.8. The fourth-order valence-electron chi connectivity index (χ4n) is 3.51. The van der Waals surface area contributed by atoms with Gasteiger partial charge in [0.05, 0.1) is 5.92 Å². The summed E-state index contributed by atoms with van der Waals surface area (Å²) in [7, 11) is 0. The number of hydrogen-bond acceptors (Lipinski definition) is 3. The monoisotopic (exact) mass is 364 g/mol. The zero-order valence-corrected chi connectivity index (χ0v) is 17.7. The van der Waals surface area contributed by atoms with Gasteiger partial charge >= 0.3 is 0 Å². The van der Waals surface area contributed by atoms with Gasteiger partial charge in [-0.25, -0.2) is 0 Å². The molecule has 1 unspecified atom stereocenters. The Morgan fingerprint density at radius 2 is 1.23 bits per heavy atom. The van der Waals surface area contributed by atoms with Crippen LogP contribution in [0.5, 0.6) is 0 Å². The largest absolute Gasteiger partial charge is 0.327 e. The molecule has 0 aromatic heterocycles. The number of hydrogen-bond donors (Lipinski definition) is 0. The standard InChI is InChI=1S/C23H40O3/c1-6-10-11-12-13-14-15-22(21-18-16-20(5)17-19-21)23(24-7-2,25-8-3)26-9-4/h16-19,22H,6-15H2,1-5H3. The molecule has 3 heteroatoms. The Hall–Kier alpha value is -0.900. The lowest BCUT2D eigenvalue weighted by atomic mass is 9.89. The van der Waals surface area contributed by atoms with Gasteiger partial charge in [-0.15, -0.1) is 0 Å². The fourth-order valence-corrected chi connectivity index (χ4v) is 3.51. The van der Waals surface area contributed by atoms with Gasteiger partial charge in [-0.05, 0) is 39.7 Å². The van der Waals surface area contributed by atoms with E-state index in [1.54, 1.807) is 0 Å². The maximum Gasteiger partial charge on any atom is 0.290 e. The summed E-state index contributed by atoms with van der Waals surface area (Å²) in [5, 5.41) is 0. The molecule has 1 aromatic carbocycles. The SMILES string of the molecule is CCCCCCCCC(c1ccc(C)cc1)C(OCC)(OCC)OCC. The Morgan fingerprint density at radius 3 is 1.73 bits per heavy atom. The Morgan fingerprint density at radius 1 is 0.731 bits per heavy atom. The van der Waals surface area contributed by atoms with Gasteiger partial charge in [0.1, 0.15) is 0 Å². The number of benzene rings is 1. The van der Waals surface area contributed by atoms with Crippen LogP contribution in [0.2, 0.25) is 0 Å². The van der Waals surface area contributed by atoms with Crippen molar-refractivity contribution >= 4 is 0 Å². The molecule has 0 saturated heterocycles. The van der Waals surface area contributed by atoms with Crippen LogP contribution in [0.25, 0.3) is 0 Å². The van der Waals surface area contributed by atoms with E-state index in [4.69, 9.17) is 14.2 Å². The van der Waals surface area contributed by atoms with Crippen LogP contribution < -0.4 is 0 Å². The molecule has 0 radical (unpaired) electrons. The highest BCUT2D eigenvalue weighted by Crippen LogP contribution is 2.38. The summed E-state index contributed by atoms with van der Waals surface area (Å²) in [6, 6.07) is 8.72. The molecule has 26 heavy (non-hydrogen) atoms. The van der Waals surface area contributed by atoms with Crippen molar-refractivity contribution in [1.82, 2.24) is 0 Å². The molecule has 0 fully saturated rings. The second kappa shape index (κ2) is 13.3. The third-order valence-electron chi connectivity index (χ3n) is 4.79. The van der Waals surface area contributed by atoms with Gasteiger partial charge in [0, 0.05) is 19.8 Å². The van der Waals surface area contributed by atoms with E-state index in [0.717, 1.165) is 12.8 Å². The topological polar surface area (TPSA) is 27.7 Å². The van der Waals surface area contributed by atoms with Crippen LogP contribution in [0.4, 0.5) is 0 Å². The van der Waals surface area contributed by atoms with E-state index in [0.29, 0.717) is 19.8 Å². The zero-order chi connectivity index (χ0) is 19.3. The highest BCUT2D eigenvalue weighted by Gasteiger charge is 2.42. The van der Waals surface area contributed by atoms with Gasteiger partial charge in [0.2, 0.25) is 0 Å². The summed E-state index contributed by atoms with van der Waals surface area (Å²) >= 11 is 0. The lowest BCUT2D eigenvalue weighted by Crippen LogP contribution is -2.45. The van der Waals surface area contributed by atoms with E-state index in [1.165, 1.54) is 43.2 Å². The Labute approximate surface area is 161 Å². The van der Waals surface area contributed by atoms with Crippen LogP contribution in [0, 0.1) is 6.92 Å². The van der Waals surface area contributed by atoms with Gasteiger partial charge in [0.25, 0.3) is 5.97 Å². The average Bonchev–Trinajstić information content (AvgIpc) is 2.63. The van der Waals surface area contributed by atoms with Crippen LogP contribution in [0.1, 0.15) is 89.7 Å². The summed E-state index contributed by atoms with van der Waals surface area (Å²) in [5.41, 5.74) is 2.50. The van der Waals surface area contributed by atoms with Crippen molar-refractivity contribution in [2.24, 2.45) is 0 Å². The predicted octanol–water partition coefficient (Wildman–Crippen LogP) is 6.59. The summed E-state index contributed by atoms with van der Waals surface area (Å²) < 4.78 is 18.3. The first-order valence-corrected chi connectivity index (χ1v) is 10.6. The molecule has 0 heterocycles.